The molecule has 3 nitrogen and oxygen atoms in total. The number of aromatic amines is 1. The Labute approximate surface area is 72.1 Å². The second kappa shape index (κ2) is 2.90. The fourth-order valence-corrected chi connectivity index (χ4v) is 1.27. The predicted molar refractivity (Wildman–Crippen MR) is 46.2 cm³/mol. The van der Waals surface area contributed by atoms with Crippen molar-refractivity contribution in [1.29, 1.82) is 0 Å². The van der Waals surface area contributed by atoms with Crippen LogP contribution in [0.5, 0.6) is 0 Å². The van der Waals surface area contributed by atoms with E-state index in [0.29, 0.717) is 11.8 Å². The topological polar surface area (TPSA) is 37.9 Å². The lowest BCUT2D eigenvalue weighted by molar-refractivity contribution is 0.00669. The van der Waals surface area contributed by atoms with Gasteiger partial charge in [-0.25, -0.2) is 0 Å². The van der Waals surface area contributed by atoms with Crippen LogP contribution in [-0.4, -0.2) is 23.4 Å². The van der Waals surface area contributed by atoms with Crippen molar-refractivity contribution >= 4 is 0 Å². The van der Waals surface area contributed by atoms with Gasteiger partial charge in [-0.2, -0.15) is 5.10 Å². The Hall–Kier alpha value is -0.830. The van der Waals surface area contributed by atoms with Crippen LogP contribution in [0, 0.1) is 0 Å². The Morgan fingerprint density at radius 1 is 1.58 bits per heavy atom. The summed E-state index contributed by atoms with van der Waals surface area (Å²) < 4.78 is 5.11. The van der Waals surface area contributed by atoms with Crippen molar-refractivity contribution in [3.05, 3.63) is 17.5 Å². The molecule has 66 valence electrons. The van der Waals surface area contributed by atoms with E-state index in [-0.39, 0.29) is 0 Å². The molecule has 0 amide bonds. The van der Waals surface area contributed by atoms with Crippen LogP contribution < -0.4 is 0 Å². The summed E-state index contributed by atoms with van der Waals surface area (Å²) in [6.45, 7) is 5.99. The first-order valence-corrected chi connectivity index (χ1v) is 4.40. The van der Waals surface area contributed by atoms with Gasteiger partial charge >= 0.3 is 0 Å². The van der Waals surface area contributed by atoms with E-state index >= 15 is 0 Å². The van der Waals surface area contributed by atoms with Gasteiger partial charge in [0, 0.05) is 11.6 Å². The van der Waals surface area contributed by atoms with Gasteiger partial charge in [-0.05, 0) is 12.0 Å². The highest BCUT2D eigenvalue weighted by molar-refractivity contribution is 5.17. The van der Waals surface area contributed by atoms with Gasteiger partial charge in [-0.3, -0.25) is 5.10 Å². The maximum Gasteiger partial charge on any atom is 0.0650 e. The highest BCUT2D eigenvalue weighted by Crippen LogP contribution is 2.24. The van der Waals surface area contributed by atoms with E-state index in [4.69, 9.17) is 4.74 Å². The van der Waals surface area contributed by atoms with Crippen molar-refractivity contribution in [2.45, 2.75) is 25.7 Å². The van der Waals surface area contributed by atoms with Gasteiger partial charge in [0.1, 0.15) is 0 Å². The molecule has 12 heavy (non-hydrogen) atoms. The van der Waals surface area contributed by atoms with E-state index in [1.807, 2.05) is 0 Å². The van der Waals surface area contributed by atoms with E-state index in [9.17, 15) is 0 Å². The molecule has 3 heteroatoms. The van der Waals surface area contributed by atoms with Crippen molar-refractivity contribution in [2.75, 3.05) is 13.2 Å². The van der Waals surface area contributed by atoms with Crippen molar-refractivity contribution in [1.82, 2.24) is 10.2 Å². The van der Waals surface area contributed by atoms with E-state index in [2.05, 4.69) is 30.1 Å². The van der Waals surface area contributed by atoms with Crippen LogP contribution in [0.4, 0.5) is 0 Å². The Balaban J connectivity index is 2.12. The molecule has 1 aromatic heterocycles. The lowest BCUT2D eigenvalue weighted by Gasteiger charge is -2.24. The number of nitrogens with one attached hydrogen (secondary N) is 1. The second-order valence-corrected chi connectivity index (χ2v) is 3.64. The maximum absolute atomic E-state index is 5.11. The van der Waals surface area contributed by atoms with E-state index in [1.54, 1.807) is 0 Å². The monoisotopic (exact) mass is 166 g/mol. The molecule has 0 aliphatic carbocycles. The molecule has 0 unspecified atom stereocenters. The third-order valence-corrected chi connectivity index (χ3v) is 2.29. The quantitative estimate of drug-likeness (QED) is 0.725. The molecular weight excluding hydrogens is 152 g/mol. The average Bonchev–Trinajstić information content (AvgIpc) is 2.32. The minimum absolute atomic E-state index is 0.510. The minimum atomic E-state index is 0.510. The Morgan fingerprint density at radius 3 is 2.75 bits per heavy atom. The molecule has 1 aliphatic heterocycles. The molecule has 1 saturated heterocycles. The zero-order valence-electron chi connectivity index (χ0n) is 7.50. The van der Waals surface area contributed by atoms with Crippen molar-refractivity contribution in [3.8, 4) is 0 Å². The molecule has 0 bridgehead atoms. The van der Waals surface area contributed by atoms with Crippen LogP contribution in [0.25, 0.3) is 0 Å². The SMILES string of the molecule is CC(C)c1cc(C2COC2)[nH]n1. The molecule has 0 saturated carbocycles. The molecule has 2 rings (SSSR count). The normalized spacial score (nSPS) is 18.2. The first-order valence-electron chi connectivity index (χ1n) is 4.40. The fourth-order valence-electron chi connectivity index (χ4n) is 1.27. The Kier molecular flexibility index (Phi) is 1.89. The van der Waals surface area contributed by atoms with E-state index in [0.717, 1.165) is 18.9 Å². The van der Waals surface area contributed by atoms with Gasteiger partial charge in [-0.1, -0.05) is 13.8 Å². The Bertz CT molecular complexity index is 263. The summed E-state index contributed by atoms with van der Waals surface area (Å²) in [5.41, 5.74) is 2.38. The van der Waals surface area contributed by atoms with Crippen molar-refractivity contribution in [2.24, 2.45) is 0 Å². The summed E-state index contributed by atoms with van der Waals surface area (Å²) >= 11 is 0. The molecule has 0 atom stereocenters. The maximum atomic E-state index is 5.11. The molecule has 0 aromatic carbocycles. The number of ether oxygens (including phenoxy) is 1. The zero-order valence-corrected chi connectivity index (χ0v) is 7.50. The Morgan fingerprint density at radius 2 is 2.33 bits per heavy atom. The lowest BCUT2D eigenvalue weighted by Crippen LogP contribution is -2.25. The van der Waals surface area contributed by atoms with E-state index < -0.39 is 0 Å². The second-order valence-electron chi connectivity index (χ2n) is 3.64. The third-order valence-electron chi connectivity index (χ3n) is 2.29. The van der Waals surface area contributed by atoms with Gasteiger partial charge in [0.15, 0.2) is 0 Å². The number of rotatable bonds is 2. The predicted octanol–water partition coefficient (Wildman–Crippen LogP) is 1.65. The molecule has 1 aromatic rings. The molecule has 1 fully saturated rings. The smallest absolute Gasteiger partial charge is 0.0650 e. The van der Waals surface area contributed by atoms with Crippen LogP contribution >= 0.6 is 0 Å². The summed E-state index contributed by atoms with van der Waals surface area (Å²) in [6.07, 6.45) is 0. The molecule has 0 radical (unpaired) electrons. The van der Waals surface area contributed by atoms with Gasteiger partial charge in [-0.15, -0.1) is 0 Å². The first-order chi connectivity index (χ1) is 5.77. The summed E-state index contributed by atoms with van der Waals surface area (Å²) in [7, 11) is 0. The largest absolute Gasteiger partial charge is 0.380 e. The van der Waals surface area contributed by atoms with Gasteiger partial charge in [0.05, 0.1) is 18.9 Å². The van der Waals surface area contributed by atoms with Gasteiger partial charge in [0.2, 0.25) is 0 Å². The molecule has 2 heterocycles. The third kappa shape index (κ3) is 1.25. The van der Waals surface area contributed by atoms with Gasteiger partial charge in [0.25, 0.3) is 0 Å². The number of hydrogen-bond acceptors (Lipinski definition) is 2. The van der Waals surface area contributed by atoms with Crippen molar-refractivity contribution in [3.63, 3.8) is 0 Å². The summed E-state index contributed by atoms with van der Waals surface area (Å²) in [5.74, 6) is 1.07. The van der Waals surface area contributed by atoms with Crippen LogP contribution in [0.15, 0.2) is 6.07 Å². The van der Waals surface area contributed by atoms with Crippen LogP contribution in [0.3, 0.4) is 0 Å². The summed E-state index contributed by atoms with van der Waals surface area (Å²) in [4.78, 5) is 0. The summed E-state index contributed by atoms with van der Waals surface area (Å²) in [6, 6.07) is 2.15. The number of nitrogens with zero attached hydrogens (tertiary/aromatic N) is 1. The zero-order chi connectivity index (χ0) is 8.55. The lowest BCUT2D eigenvalue weighted by atomic mass is 10.0. The van der Waals surface area contributed by atoms with Crippen LogP contribution in [0.1, 0.15) is 37.1 Å². The van der Waals surface area contributed by atoms with Crippen LogP contribution in [-0.2, 0) is 4.74 Å². The number of aromatic nitrogens is 2. The molecular formula is C9H14N2O. The van der Waals surface area contributed by atoms with Crippen LogP contribution in [0.2, 0.25) is 0 Å². The highest BCUT2D eigenvalue weighted by atomic mass is 16.5. The molecule has 1 N–H and O–H groups in total. The van der Waals surface area contributed by atoms with Gasteiger partial charge < -0.3 is 4.74 Å². The standard InChI is InChI=1S/C9H14N2O/c1-6(2)8-3-9(11-10-8)7-4-12-5-7/h3,6-7H,4-5H2,1-2H3,(H,10,11). The number of hydrogen-bond donors (Lipinski definition) is 1. The minimum Gasteiger partial charge on any atom is -0.380 e. The average molecular weight is 166 g/mol. The van der Waals surface area contributed by atoms with E-state index in [1.165, 1.54) is 5.69 Å². The van der Waals surface area contributed by atoms with Crippen molar-refractivity contribution < 1.29 is 4.74 Å². The fraction of sp³-hybridized carbons (Fsp3) is 0.667. The highest BCUT2D eigenvalue weighted by Gasteiger charge is 2.22. The number of H-pyrrole nitrogens is 1. The summed E-state index contributed by atoms with van der Waals surface area (Å²) in [5, 5.41) is 7.30. The molecule has 1 aliphatic rings. The first kappa shape index (κ1) is 7.80. The molecule has 0 spiro atoms.